The molecule has 0 bridgehead atoms. The highest BCUT2D eigenvalue weighted by Crippen LogP contribution is 2.30. The monoisotopic (exact) mass is 562 g/mol. The number of esters is 1. The van der Waals surface area contributed by atoms with Crippen LogP contribution in [0.2, 0.25) is 0 Å². The molecule has 1 fully saturated rings. The molecule has 1 aliphatic heterocycles. The van der Waals surface area contributed by atoms with Gasteiger partial charge in [-0.25, -0.2) is 4.79 Å². The van der Waals surface area contributed by atoms with Gasteiger partial charge in [-0.2, -0.15) is 16.8 Å². The van der Waals surface area contributed by atoms with Crippen LogP contribution in [0.15, 0.2) is 88.7 Å². The van der Waals surface area contributed by atoms with Crippen LogP contribution in [0.5, 0.6) is 0 Å². The van der Waals surface area contributed by atoms with Crippen LogP contribution < -0.4 is 0 Å². The van der Waals surface area contributed by atoms with E-state index >= 15 is 0 Å². The normalized spacial score (nSPS) is 22.1. The van der Waals surface area contributed by atoms with Crippen molar-refractivity contribution < 1.29 is 44.6 Å². The number of hydrogen-bond acceptors (Lipinski definition) is 10. The van der Waals surface area contributed by atoms with E-state index in [4.69, 9.17) is 17.8 Å². The van der Waals surface area contributed by atoms with E-state index in [9.17, 15) is 26.7 Å². The predicted octanol–water partition coefficient (Wildman–Crippen LogP) is 2.73. The molecule has 0 aliphatic carbocycles. The van der Waals surface area contributed by atoms with Crippen molar-refractivity contribution in [2.75, 3.05) is 6.61 Å². The maximum Gasteiger partial charge on any atom is 0.338 e. The van der Waals surface area contributed by atoms with E-state index in [0.717, 1.165) is 11.1 Å². The molecular weight excluding hydrogens is 536 g/mol. The molecule has 4 atom stereocenters. The molecule has 10 nitrogen and oxygen atoms in total. The average Bonchev–Trinajstić information content (AvgIpc) is 2.88. The lowest BCUT2D eigenvalue weighted by molar-refractivity contribution is -0.237. The Morgan fingerprint density at radius 3 is 1.74 bits per heavy atom. The van der Waals surface area contributed by atoms with Gasteiger partial charge in [0.15, 0.2) is 18.5 Å². The molecule has 0 aromatic heterocycles. The smallest absolute Gasteiger partial charge is 0.338 e. The van der Waals surface area contributed by atoms with E-state index in [0.29, 0.717) is 0 Å². The molecule has 1 saturated heterocycles. The van der Waals surface area contributed by atoms with Crippen molar-refractivity contribution in [1.82, 2.24) is 0 Å². The molecule has 0 amide bonds. The van der Waals surface area contributed by atoms with Crippen molar-refractivity contribution in [3.8, 4) is 0 Å². The fourth-order valence-electron chi connectivity index (χ4n) is 3.67. The van der Waals surface area contributed by atoms with Gasteiger partial charge >= 0.3 is 5.97 Å². The fraction of sp³-hybridized carbons (Fsp3) is 0.269. The summed E-state index contributed by atoms with van der Waals surface area (Å²) in [5.74, 6) is -0.836. The van der Waals surface area contributed by atoms with E-state index in [1.165, 1.54) is 36.4 Å². The molecule has 0 radical (unpaired) electrons. The zero-order chi connectivity index (χ0) is 27.5. The minimum absolute atomic E-state index is 0.156. The van der Waals surface area contributed by atoms with Crippen molar-refractivity contribution in [3.05, 3.63) is 95.6 Å². The van der Waals surface area contributed by atoms with Crippen LogP contribution in [0.25, 0.3) is 0 Å². The van der Waals surface area contributed by atoms with Crippen LogP contribution >= 0.6 is 0 Å². The Kier molecular flexibility index (Phi) is 8.31. The lowest BCUT2D eigenvalue weighted by atomic mass is 10.1. The standard InChI is InChI=1S/C26H26O10S2/c1-17-8-12-20(13-9-17)37(29,30)35-23-22(34-25(27)19-6-4-3-5-7-19)16-33-26(28)24(23)36-38(31,32)21-14-10-18(2)11-15-21/h3-15,22-24,26,28H,16H2,1-2H3/t22-,23+,24-,26+/m1/s1. The number of benzene rings is 3. The predicted molar refractivity (Wildman–Crippen MR) is 134 cm³/mol. The fourth-order valence-corrected chi connectivity index (χ4v) is 5.85. The molecule has 3 aromatic carbocycles. The van der Waals surface area contributed by atoms with Crippen molar-refractivity contribution in [3.63, 3.8) is 0 Å². The number of carbonyl (C=O) groups excluding carboxylic acids is 1. The Morgan fingerprint density at radius 2 is 1.24 bits per heavy atom. The molecule has 1 N–H and O–H groups in total. The number of aryl methyl sites for hydroxylation is 2. The zero-order valence-electron chi connectivity index (χ0n) is 20.5. The van der Waals surface area contributed by atoms with Gasteiger partial charge in [-0.15, -0.1) is 0 Å². The van der Waals surface area contributed by atoms with Gasteiger partial charge in [-0.1, -0.05) is 53.6 Å². The Balaban J connectivity index is 1.69. The van der Waals surface area contributed by atoms with E-state index in [1.54, 1.807) is 56.3 Å². The first-order valence-electron chi connectivity index (χ1n) is 11.5. The summed E-state index contributed by atoms with van der Waals surface area (Å²) in [5, 5.41) is 10.5. The van der Waals surface area contributed by atoms with Crippen molar-refractivity contribution in [2.24, 2.45) is 0 Å². The van der Waals surface area contributed by atoms with Crippen LogP contribution in [0, 0.1) is 13.8 Å². The van der Waals surface area contributed by atoms with Crippen molar-refractivity contribution >= 4 is 26.2 Å². The molecule has 3 aromatic rings. The van der Waals surface area contributed by atoms with Crippen LogP contribution in [-0.4, -0.2) is 59.1 Å². The van der Waals surface area contributed by atoms with Gasteiger partial charge in [0, 0.05) is 0 Å². The minimum Gasteiger partial charge on any atom is -0.453 e. The summed E-state index contributed by atoms with van der Waals surface area (Å²) in [6.45, 7) is 3.05. The third kappa shape index (κ3) is 6.46. The molecule has 12 heteroatoms. The summed E-state index contributed by atoms with van der Waals surface area (Å²) in [5.41, 5.74) is 1.75. The van der Waals surface area contributed by atoms with Gasteiger partial charge in [-0.05, 0) is 50.2 Å². The van der Waals surface area contributed by atoms with E-state index in [1.807, 2.05) is 0 Å². The minimum atomic E-state index is -4.53. The van der Waals surface area contributed by atoms with Crippen LogP contribution in [0.4, 0.5) is 0 Å². The molecular formula is C26H26O10S2. The SMILES string of the molecule is Cc1ccc(S(=O)(=O)O[C@@H]2[C@@H](OS(=O)(=O)c3ccc(C)cc3)[C@H](OC(=O)c3ccccc3)CO[C@@H]2O)cc1. The summed E-state index contributed by atoms with van der Waals surface area (Å²) in [7, 11) is -9.05. The van der Waals surface area contributed by atoms with Gasteiger partial charge in [-0.3, -0.25) is 8.37 Å². The largest absolute Gasteiger partial charge is 0.453 e. The first-order chi connectivity index (χ1) is 18.0. The third-order valence-electron chi connectivity index (χ3n) is 5.77. The number of rotatable bonds is 8. The van der Waals surface area contributed by atoms with Gasteiger partial charge in [0.2, 0.25) is 0 Å². The van der Waals surface area contributed by atoms with Gasteiger partial charge in [0.05, 0.1) is 22.0 Å². The summed E-state index contributed by atoms with van der Waals surface area (Å²) in [6.07, 6.45) is -7.05. The average molecular weight is 563 g/mol. The molecule has 202 valence electrons. The van der Waals surface area contributed by atoms with E-state index in [-0.39, 0.29) is 15.4 Å². The number of ether oxygens (including phenoxy) is 2. The quantitative estimate of drug-likeness (QED) is 0.322. The van der Waals surface area contributed by atoms with Crippen LogP contribution in [0.3, 0.4) is 0 Å². The van der Waals surface area contributed by atoms with Gasteiger partial charge in [0.1, 0.15) is 6.10 Å². The Bertz CT molecular complexity index is 1470. The molecule has 4 rings (SSSR count). The summed E-state index contributed by atoms with van der Waals surface area (Å²) >= 11 is 0. The highest BCUT2D eigenvalue weighted by Gasteiger charge is 2.48. The second-order valence-electron chi connectivity index (χ2n) is 8.69. The molecule has 1 aliphatic rings. The number of hydrogen-bond donors (Lipinski definition) is 1. The van der Waals surface area contributed by atoms with Gasteiger partial charge in [0.25, 0.3) is 20.2 Å². The van der Waals surface area contributed by atoms with Crippen LogP contribution in [-0.2, 0) is 38.1 Å². The summed E-state index contributed by atoms with van der Waals surface area (Å²) in [4.78, 5) is 12.3. The highest BCUT2D eigenvalue weighted by molar-refractivity contribution is 7.87. The third-order valence-corrected chi connectivity index (χ3v) is 8.42. The summed E-state index contributed by atoms with van der Waals surface area (Å²) < 4.78 is 73.7. The number of carbonyl (C=O) groups is 1. The topological polar surface area (TPSA) is 143 Å². The maximum absolute atomic E-state index is 13.1. The number of aliphatic hydroxyl groups excluding tert-OH is 1. The van der Waals surface area contributed by atoms with Crippen molar-refractivity contribution in [2.45, 2.75) is 48.2 Å². The molecule has 0 saturated carbocycles. The Morgan fingerprint density at radius 1 is 0.763 bits per heavy atom. The second-order valence-corrected chi connectivity index (χ2v) is 11.8. The molecule has 1 heterocycles. The zero-order valence-corrected chi connectivity index (χ0v) is 22.1. The first kappa shape index (κ1) is 27.9. The Hall–Kier alpha value is -3.13. The first-order valence-corrected chi connectivity index (χ1v) is 14.3. The summed E-state index contributed by atoms with van der Waals surface area (Å²) in [6, 6.07) is 19.3. The lowest BCUT2D eigenvalue weighted by Gasteiger charge is -2.38. The van der Waals surface area contributed by atoms with E-state index in [2.05, 4.69) is 0 Å². The molecule has 0 spiro atoms. The number of aliphatic hydroxyl groups is 1. The van der Waals surface area contributed by atoms with Crippen molar-refractivity contribution in [1.29, 1.82) is 0 Å². The van der Waals surface area contributed by atoms with Crippen LogP contribution in [0.1, 0.15) is 21.5 Å². The lowest BCUT2D eigenvalue weighted by Crippen LogP contribution is -2.57. The molecule has 0 unspecified atom stereocenters. The highest BCUT2D eigenvalue weighted by atomic mass is 32.2. The van der Waals surface area contributed by atoms with E-state index < -0.39 is 57.4 Å². The maximum atomic E-state index is 13.1. The van der Waals surface area contributed by atoms with Gasteiger partial charge < -0.3 is 14.6 Å². The second kappa shape index (κ2) is 11.3. The molecule has 38 heavy (non-hydrogen) atoms. The Labute approximate surface area is 221 Å².